The minimum Gasteiger partial charge on any atom is -0.504 e. The molecular weight excluding hydrogens is 356 g/mol. The summed E-state index contributed by atoms with van der Waals surface area (Å²) >= 11 is 5.90. The van der Waals surface area contributed by atoms with E-state index in [1.807, 2.05) is 13.8 Å². The van der Waals surface area contributed by atoms with E-state index in [4.69, 9.17) is 16.0 Å². The van der Waals surface area contributed by atoms with Crippen LogP contribution >= 0.6 is 11.6 Å². The maximum Gasteiger partial charge on any atom is 0.204 e. The third-order valence-corrected chi connectivity index (χ3v) is 4.53. The molecular formula is C20H19ClO5. The predicted molar refractivity (Wildman–Crippen MR) is 101 cm³/mol. The fourth-order valence-electron chi connectivity index (χ4n) is 3.10. The van der Waals surface area contributed by atoms with Crippen molar-refractivity contribution in [3.8, 4) is 28.4 Å². The van der Waals surface area contributed by atoms with E-state index in [1.54, 1.807) is 31.2 Å². The van der Waals surface area contributed by atoms with Gasteiger partial charge in [0.15, 0.2) is 11.5 Å². The summed E-state index contributed by atoms with van der Waals surface area (Å²) in [6.07, 6.45) is 0.374. The summed E-state index contributed by atoms with van der Waals surface area (Å²) in [5.74, 6) is -1.39. The number of halogens is 1. The molecule has 0 amide bonds. The van der Waals surface area contributed by atoms with Crippen molar-refractivity contribution in [1.82, 2.24) is 0 Å². The van der Waals surface area contributed by atoms with Crippen molar-refractivity contribution < 1.29 is 19.7 Å². The first-order valence-electron chi connectivity index (χ1n) is 8.21. The number of hydrogen-bond acceptors (Lipinski definition) is 5. The van der Waals surface area contributed by atoms with Crippen molar-refractivity contribution in [3.63, 3.8) is 0 Å². The molecule has 3 rings (SSSR count). The van der Waals surface area contributed by atoms with E-state index in [0.717, 1.165) is 0 Å². The van der Waals surface area contributed by atoms with E-state index < -0.39 is 22.7 Å². The molecule has 0 saturated carbocycles. The average molecular weight is 375 g/mol. The molecule has 6 heteroatoms. The Morgan fingerprint density at radius 2 is 1.65 bits per heavy atom. The molecule has 2 aromatic carbocycles. The molecule has 0 atom stereocenters. The Balaban J connectivity index is 2.43. The predicted octanol–water partition coefficient (Wildman–Crippen LogP) is 4.74. The Labute approximate surface area is 155 Å². The minimum atomic E-state index is -0.716. The first kappa shape index (κ1) is 18.1. The van der Waals surface area contributed by atoms with Crippen LogP contribution in [0.4, 0.5) is 0 Å². The number of aryl methyl sites for hydroxylation is 1. The molecule has 0 saturated heterocycles. The van der Waals surface area contributed by atoms with Crippen LogP contribution in [0.5, 0.6) is 17.2 Å². The lowest BCUT2D eigenvalue weighted by molar-refractivity contribution is 0.365. The van der Waals surface area contributed by atoms with Crippen molar-refractivity contribution in [3.05, 3.63) is 50.8 Å². The van der Waals surface area contributed by atoms with Crippen molar-refractivity contribution in [2.24, 2.45) is 5.92 Å². The van der Waals surface area contributed by atoms with Gasteiger partial charge in [0.2, 0.25) is 11.2 Å². The van der Waals surface area contributed by atoms with E-state index in [9.17, 15) is 20.1 Å². The number of aromatic hydroxyl groups is 3. The first-order chi connectivity index (χ1) is 12.2. The van der Waals surface area contributed by atoms with Crippen LogP contribution in [-0.2, 0) is 6.42 Å². The molecule has 1 heterocycles. The molecule has 0 aliphatic heterocycles. The molecule has 3 N–H and O–H groups in total. The van der Waals surface area contributed by atoms with Crippen LogP contribution in [0.1, 0.15) is 25.2 Å². The van der Waals surface area contributed by atoms with Gasteiger partial charge in [-0.3, -0.25) is 4.79 Å². The Kier molecular flexibility index (Phi) is 4.59. The van der Waals surface area contributed by atoms with Crippen LogP contribution in [0.3, 0.4) is 0 Å². The van der Waals surface area contributed by atoms with Crippen molar-refractivity contribution in [2.45, 2.75) is 27.2 Å². The second kappa shape index (κ2) is 6.57. The molecule has 0 aliphatic carbocycles. The zero-order chi connectivity index (χ0) is 19.2. The third kappa shape index (κ3) is 2.88. The summed E-state index contributed by atoms with van der Waals surface area (Å²) in [5.41, 5.74) is 0.758. The summed E-state index contributed by atoms with van der Waals surface area (Å²) in [4.78, 5) is 13.1. The fraction of sp³-hybridized carbons (Fsp3) is 0.250. The number of phenols is 3. The Morgan fingerprint density at radius 3 is 2.23 bits per heavy atom. The van der Waals surface area contributed by atoms with Crippen molar-refractivity contribution in [2.75, 3.05) is 0 Å². The first-order valence-corrected chi connectivity index (χ1v) is 8.59. The molecule has 0 fully saturated rings. The molecule has 0 aliphatic rings. The highest BCUT2D eigenvalue weighted by Crippen LogP contribution is 2.45. The van der Waals surface area contributed by atoms with Gasteiger partial charge in [0.25, 0.3) is 0 Å². The standard InChI is InChI=1S/C20H19ClO5/c1-9(2)8-13-16(22)19(25)18(24)15-17(23)14(10(3)26-20(13)15)11-4-6-12(21)7-5-11/h4-7,9,22,24-25H,8H2,1-3H3. The Hall–Kier alpha value is -2.66. The van der Waals surface area contributed by atoms with Gasteiger partial charge in [-0.15, -0.1) is 0 Å². The minimum absolute atomic E-state index is 0.0895. The molecule has 5 nitrogen and oxygen atoms in total. The van der Waals surface area contributed by atoms with Crippen molar-refractivity contribution >= 4 is 22.6 Å². The maximum atomic E-state index is 13.1. The van der Waals surface area contributed by atoms with Gasteiger partial charge >= 0.3 is 0 Å². The second-order valence-corrected chi connectivity index (χ2v) is 7.13. The van der Waals surface area contributed by atoms with Gasteiger partial charge in [-0.25, -0.2) is 0 Å². The van der Waals surface area contributed by atoms with Gasteiger partial charge in [0.05, 0.1) is 5.56 Å². The summed E-state index contributed by atoms with van der Waals surface area (Å²) in [7, 11) is 0. The number of benzene rings is 2. The summed E-state index contributed by atoms with van der Waals surface area (Å²) < 4.78 is 5.84. The lowest BCUT2D eigenvalue weighted by Gasteiger charge is -2.15. The molecule has 0 bridgehead atoms. The quantitative estimate of drug-likeness (QED) is 0.576. The largest absolute Gasteiger partial charge is 0.504 e. The summed E-state index contributed by atoms with van der Waals surface area (Å²) in [6, 6.07) is 6.66. The topological polar surface area (TPSA) is 90.9 Å². The molecule has 26 heavy (non-hydrogen) atoms. The van der Waals surface area contributed by atoms with Gasteiger partial charge in [0.1, 0.15) is 16.7 Å². The summed E-state index contributed by atoms with van der Waals surface area (Å²) in [5, 5.41) is 31.0. The monoisotopic (exact) mass is 374 g/mol. The van der Waals surface area contributed by atoms with Crippen LogP contribution in [-0.4, -0.2) is 15.3 Å². The second-order valence-electron chi connectivity index (χ2n) is 6.70. The lowest BCUT2D eigenvalue weighted by atomic mass is 9.96. The fourth-order valence-corrected chi connectivity index (χ4v) is 3.23. The van der Waals surface area contributed by atoms with Gasteiger partial charge in [-0.2, -0.15) is 0 Å². The van der Waals surface area contributed by atoms with Crippen LogP contribution in [0, 0.1) is 12.8 Å². The smallest absolute Gasteiger partial charge is 0.204 e. The van der Waals surface area contributed by atoms with Crippen LogP contribution < -0.4 is 5.43 Å². The number of hydrogen-bond donors (Lipinski definition) is 3. The summed E-state index contributed by atoms with van der Waals surface area (Å²) in [6.45, 7) is 5.51. The lowest BCUT2D eigenvalue weighted by Crippen LogP contribution is -2.10. The van der Waals surface area contributed by atoms with E-state index in [0.29, 0.717) is 28.3 Å². The molecule has 0 unspecified atom stereocenters. The highest BCUT2D eigenvalue weighted by molar-refractivity contribution is 6.30. The molecule has 136 valence electrons. The average Bonchev–Trinajstić information content (AvgIpc) is 2.58. The van der Waals surface area contributed by atoms with Crippen LogP contribution in [0.2, 0.25) is 5.02 Å². The maximum absolute atomic E-state index is 13.1. The molecule has 1 aromatic heterocycles. The van der Waals surface area contributed by atoms with Gasteiger partial charge < -0.3 is 19.7 Å². The Bertz CT molecular complexity index is 1050. The molecule has 0 spiro atoms. The van der Waals surface area contributed by atoms with Gasteiger partial charge in [-0.05, 0) is 37.0 Å². The highest BCUT2D eigenvalue weighted by Gasteiger charge is 2.25. The van der Waals surface area contributed by atoms with Crippen LogP contribution in [0.25, 0.3) is 22.1 Å². The number of fused-ring (bicyclic) bond motifs is 1. The normalized spacial score (nSPS) is 11.4. The zero-order valence-corrected chi connectivity index (χ0v) is 15.4. The van der Waals surface area contributed by atoms with E-state index in [2.05, 4.69) is 0 Å². The molecule has 0 radical (unpaired) electrons. The third-order valence-electron chi connectivity index (χ3n) is 4.28. The molecule has 3 aromatic rings. The van der Waals surface area contributed by atoms with E-state index in [-0.39, 0.29) is 22.5 Å². The number of rotatable bonds is 3. The van der Waals surface area contributed by atoms with E-state index >= 15 is 0 Å². The van der Waals surface area contributed by atoms with Gasteiger partial charge in [-0.1, -0.05) is 37.6 Å². The highest BCUT2D eigenvalue weighted by atomic mass is 35.5. The zero-order valence-electron chi connectivity index (χ0n) is 14.6. The van der Waals surface area contributed by atoms with Crippen LogP contribution in [0.15, 0.2) is 33.5 Å². The van der Waals surface area contributed by atoms with Crippen molar-refractivity contribution in [1.29, 1.82) is 0 Å². The van der Waals surface area contributed by atoms with Gasteiger partial charge in [0, 0.05) is 10.6 Å². The SMILES string of the molecule is Cc1oc2c(CC(C)C)c(O)c(O)c(O)c2c(=O)c1-c1ccc(Cl)cc1. The van der Waals surface area contributed by atoms with E-state index in [1.165, 1.54) is 0 Å². The number of phenolic OH excluding ortho intramolecular Hbond substituents is 3. The Morgan fingerprint density at radius 1 is 1.04 bits per heavy atom.